The summed E-state index contributed by atoms with van der Waals surface area (Å²) in [5, 5.41) is 26.3. The number of nitrogens with zero attached hydrogens (tertiary/aromatic N) is 3. The molecule has 2 heterocycles. The van der Waals surface area contributed by atoms with Gasteiger partial charge in [-0.1, -0.05) is 41.9 Å². The minimum Gasteiger partial charge on any atom is -0.493 e. The third kappa shape index (κ3) is 4.79. The van der Waals surface area contributed by atoms with E-state index in [4.69, 9.17) is 22.1 Å². The van der Waals surface area contributed by atoms with Crippen LogP contribution in [0.25, 0.3) is 0 Å². The topological polar surface area (TPSA) is 135 Å². The molecule has 2 atom stereocenters. The molecule has 10 heteroatoms. The Hall–Kier alpha value is -3.30. The average molecular weight is 459 g/mol. The minimum absolute atomic E-state index is 0.0468. The molecule has 3 rings (SSSR count). The maximum absolute atomic E-state index is 13.3. The van der Waals surface area contributed by atoms with E-state index in [9.17, 15) is 19.5 Å². The standard InChI is InChI=1S/C22H23ClN4O5/c1-12-10-27(13(2)9-26(12)11-14-6-4-3-5-7-14)21(30)16-8-15(20(29)25-19(16)23)17(24)18(28)22(31)32/h3-8,12-13,24H,9-11H2,1-2H3,(H,25,29)(H,31,32)/t12-,13+/m0/s1. The number of benzene rings is 1. The van der Waals surface area contributed by atoms with Crippen LogP contribution in [0.4, 0.5) is 0 Å². The zero-order valence-electron chi connectivity index (χ0n) is 17.6. The average Bonchev–Trinajstić information content (AvgIpc) is 2.75. The second-order valence-electron chi connectivity index (χ2n) is 7.78. The molecule has 32 heavy (non-hydrogen) atoms. The number of carbonyl (C=O) groups is 3. The zero-order chi connectivity index (χ0) is 23.6. The first-order valence-corrected chi connectivity index (χ1v) is 10.3. The molecule has 1 saturated heterocycles. The van der Waals surface area contributed by atoms with Gasteiger partial charge in [0.15, 0.2) is 0 Å². The molecule has 1 aromatic heterocycles. The summed E-state index contributed by atoms with van der Waals surface area (Å²) in [6.45, 7) is 5.68. The van der Waals surface area contributed by atoms with Gasteiger partial charge < -0.3 is 15.1 Å². The summed E-state index contributed by atoms with van der Waals surface area (Å²) in [6.07, 6.45) is 0. The molecule has 3 N–H and O–H groups in total. The first-order valence-electron chi connectivity index (χ1n) is 9.95. The summed E-state index contributed by atoms with van der Waals surface area (Å²) in [7, 11) is 0. The van der Waals surface area contributed by atoms with Gasteiger partial charge in [-0.25, -0.2) is 9.78 Å². The highest BCUT2D eigenvalue weighted by atomic mass is 35.5. The van der Waals surface area contributed by atoms with E-state index in [1.54, 1.807) is 4.90 Å². The van der Waals surface area contributed by atoms with Gasteiger partial charge in [-0.2, -0.15) is 0 Å². The van der Waals surface area contributed by atoms with Crippen LogP contribution in [-0.2, 0) is 16.1 Å². The van der Waals surface area contributed by atoms with Crippen LogP contribution in [0.2, 0.25) is 5.15 Å². The monoisotopic (exact) mass is 458 g/mol. The van der Waals surface area contributed by atoms with E-state index in [1.807, 2.05) is 44.2 Å². The number of pyridine rings is 1. The van der Waals surface area contributed by atoms with Crippen molar-refractivity contribution in [2.75, 3.05) is 13.1 Å². The van der Waals surface area contributed by atoms with Crippen LogP contribution in [0.5, 0.6) is 5.88 Å². The van der Waals surface area contributed by atoms with Crippen LogP contribution >= 0.6 is 11.6 Å². The van der Waals surface area contributed by atoms with Crippen molar-refractivity contribution in [3.8, 4) is 5.88 Å². The van der Waals surface area contributed by atoms with E-state index in [-0.39, 0.29) is 22.8 Å². The molecule has 1 aliphatic heterocycles. The summed E-state index contributed by atoms with van der Waals surface area (Å²) in [5.41, 5.74) is -0.391. The van der Waals surface area contributed by atoms with Crippen molar-refractivity contribution in [3.05, 3.63) is 58.2 Å². The van der Waals surface area contributed by atoms with Gasteiger partial charge in [-0.3, -0.25) is 19.9 Å². The fraction of sp³-hybridized carbons (Fsp3) is 0.318. The minimum atomic E-state index is -1.85. The number of carboxylic acid groups (broad SMARTS) is 1. The summed E-state index contributed by atoms with van der Waals surface area (Å²) < 4.78 is 0. The smallest absolute Gasteiger partial charge is 0.378 e. The Kier molecular flexibility index (Phi) is 6.90. The Bertz CT molecular complexity index is 1080. The first-order chi connectivity index (χ1) is 15.1. The highest BCUT2D eigenvalue weighted by molar-refractivity contribution is 6.66. The fourth-order valence-electron chi connectivity index (χ4n) is 3.72. The number of hydrogen-bond donors (Lipinski definition) is 3. The van der Waals surface area contributed by atoms with Gasteiger partial charge >= 0.3 is 5.97 Å². The fourth-order valence-corrected chi connectivity index (χ4v) is 3.93. The van der Waals surface area contributed by atoms with E-state index < -0.39 is 34.8 Å². The lowest BCUT2D eigenvalue weighted by Gasteiger charge is -2.44. The Morgan fingerprint density at radius 3 is 2.41 bits per heavy atom. The zero-order valence-corrected chi connectivity index (χ0v) is 18.3. The van der Waals surface area contributed by atoms with Gasteiger partial charge in [0.05, 0.1) is 11.1 Å². The number of carboxylic acids is 1. The number of aromatic hydroxyl groups is 1. The molecule has 0 saturated carbocycles. The number of piperazine rings is 1. The van der Waals surface area contributed by atoms with Crippen LogP contribution < -0.4 is 0 Å². The highest BCUT2D eigenvalue weighted by Crippen LogP contribution is 2.27. The number of aromatic nitrogens is 1. The molecular weight excluding hydrogens is 436 g/mol. The normalized spacial score (nSPS) is 18.9. The molecule has 2 aromatic rings. The molecule has 0 radical (unpaired) electrons. The van der Waals surface area contributed by atoms with Crippen molar-refractivity contribution in [2.45, 2.75) is 32.5 Å². The summed E-state index contributed by atoms with van der Waals surface area (Å²) >= 11 is 6.08. The lowest BCUT2D eigenvalue weighted by Crippen LogP contribution is -2.57. The van der Waals surface area contributed by atoms with E-state index in [1.165, 1.54) is 5.56 Å². The predicted molar refractivity (Wildman–Crippen MR) is 117 cm³/mol. The van der Waals surface area contributed by atoms with Gasteiger partial charge in [0.1, 0.15) is 10.9 Å². The summed E-state index contributed by atoms with van der Waals surface area (Å²) in [6, 6.07) is 10.9. The third-order valence-electron chi connectivity index (χ3n) is 5.48. The maximum Gasteiger partial charge on any atom is 0.378 e. The van der Waals surface area contributed by atoms with Gasteiger partial charge in [0.2, 0.25) is 5.88 Å². The van der Waals surface area contributed by atoms with Crippen molar-refractivity contribution in [2.24, 2.45) is 0 Å². The number of halogens is 1. The van der Waals surface area contributed by atoms with Gasteiger partial charge in [-0.05, 0) is 25.5 Å². The van der Waals surface area contributed by atoms with Crippen molar-refractivity contribution in [1.29, 1.82) is 5.41 Å². The van der Waals surface area contributed by atoms with E-state index in [0.29, 0.717) is 13.1 Å². The molecule has 1 fully saturated rings. The summed E-state index contributed by atoms with van der Waals surface area (Å²) in [4.78, 5) is 43.3. The number of nitrogens with one attached hydrogen (secondary N) is 1. The van der Waals surface area contributed by atoms with Gasteiger partial charge in [0, 0.05) is 31.7 Å². The second kappa shape index (κ2) is 9.46. The largest absolute Gasteiger partial charge is 0.493 e. The van der Waals surface area contributed by atoms with E-state index >= 15 is 0 Å². The van der Waals surface area contributed by atoms with Crippen molar-refractivity contribution in [3.63, 3.8) is 0 Å². The van der Waals surface area contributed by atoms with Crippen LogP contribution in [-0.4, -0.2) is 73.5 Å². The molecule has 0 bridgehead atoms. The van der Waals surface area contributed by atoms with Crippen molar-refractivity contribution in [1.82, 2.24) is 14.8 Å². The lowest BCUT2D eigenvalue weighted by atomic mass is 10.0. The molecular formula is C22H23ClN4O5. The molecule has 168 valence electrons. The first kappa shape index (κ1) is 23.4. The molecule has 1 aromatic carbocycles. The molecule has 0 aliphatic carbocycles. The molecule has 1 aliphatic rings. The summed E-state index contributed by atoms with van der Waals surface area (Å²) in [5.74, 6) is -4.65. The van der Waals surface area contributed by atoms with Crippen molar-refractivity contribution >= 4 is 35.0 Å². The molecule has 0 unspecified atom stereocenters. The van der Waals surface area contributed by atoms with Crippen LogP contribution in [0.1, 0.15) is 35.3 Å². The number of Topliss-reactive ketones (excluding diaryl/α,β-unsaturated/α-hetero) is 1. The predicted octanol–water partition coefficient (Wildman–Crippen LogP) is 2.20. The van der Waals surface area contributed by atoms with Crippen molar-refractivity contribution < 1.29 is 24.6 Å². The number of hydrogen-bond acceptors (Lipinski definition) is 7. The number of carbonyl (C=O) groups excluding carboxylic acids is 2. The quantitative estimate of drug-likeness (QED) is 0.343. The van der Waals surface area contributed by atoms with Gasteiger partial charge in [-0.15, -0.1) is 0 Å². The second-order valence-corrected chi connectivity index (χ2v) is 8.14. The van der Waals surface area contributed by atoms with Crippen LogP contribution in [0.15, 0.2) is 36.4 Å². The molecule has 9 nitrogen and oxygen atoms in total. The highest BCUT2D eigenvalue weighted by Gasteiger charge is 2.34. The lowest BCUT2D eigenvalue weighted by molar-refractivity contribution is -0.145. The molecule has 0 spiro atoms. The van der Waals surface area contributed by atoms with Crippen LogP contribution in [0, 0.1) is 5.41 Å². The van der Waals surface area contributed by atoms with Crippen LogP contribution in [0.3, 0.4) is 0 Å². The number of ketones is 1. The Morgan fingerprint density at radius 2 is 1.78 bits per heavy atom. The SMILES string of the molecule is C[C@@H]1CN(Cc2ccccc2)[C@@H](C)CN1C(=O)c1cc(C(=N)C(=O)C(=O)O)c(O)nc1Cl. The van der Waals surface area contributed by atoms with E-state index in [2.05, 4.69) is 9.88 Å². The van der Waals surface area contributed by atoms with E-state index in [0.717, 1.165) is 12.6 Å². The van der Waals surface area contributed by atoms with Gasteiger partial charge in [0.25, 0.3) is 11.7 Å². The Morgan fingerprint density at radius 1 is 1.12 bits per heavy atom. The number of aliphatic carboxylic acids is 1. The number of rotatable bonds is 6. The molecule has 1 amide bonds. The number of amides is 1. The Labute approximate surface area is 189 Å². The maximum atomic E-state index is 13.3. The third-order valence-corrected chi connectivity index (χ3v) is 5.77. The Balaban J connectivity index is 1.83.